The fourth-order valence-corrected chi connectivity index (χ4v) is 1.75. The van der Waals surface area contributed by atoms with Gasteiger partial charge >= 0.3 is 0 Å². The Kier molecular flexibility index (Phi) is 4.57. The zero-order chi connectivity index (χ0) is 14.4. The maximum absolute atomic E-state index is 4.22. The van der Waals surface area contributed by atoms with Crippen molar-refractivity contribution in [3.8, 4) is 11.8 Å². The third kappa shape index (κ3) is 3.73. The molecule has 2 aromatic rings. The van der Waals surface area contributed by atoms with Crippen LogP contribution in [0.2, 0.25) is 0 Å². The average Bonchev–Trinajstić information content (AvgIpc) is 2.53. The van der Waals surface area contributed by atoms with Gasteiger partial charge in [0, 0.05) is 25.0 Å². The van der Waals surface area contributed by atoms with E-state index < -0.39 is 0 Å². The Morgan fingerprint density at radius 3 is 2.75 bits per heavy atom. The summed E-state index contributed by atoms with van der Waals surface area (Å²) >= 11 is 0. The summed E-state index contributed by atoms with van der Waals surface area (Å²) in [6.07, 6.45) is 5.50. The summed E-state index contributed by atoms with van der Waals surface area (Å²) in [5.41, 5.74) is 4.33. The molecule has 20 heavy (non-hydrogen) atoms. The van der Waals surface area contributed by atoms with Crippen molar-refractivity contribution >= 4 is 0 Å². The van der Waals surface area contributed by atoms with E-state index in [1.165, 1.54) is 11.1 Å². The molecule has 100 valence electrons. The Labute approximate surface area is 120 Å². The summed E-state index contributed by atoms with van der Waals surface area (Å²) in [6, 6.07) is 12.1. The van der Waals surface area contributed by atoms with E-state index in [2.05, 4.69) is 48.9 Å². The van der Waals surface area contributed by atoms with Crippen molar-refractivity contribution in [2.24, 2.45) is 7.05 Å². The van der Waals surface area contributed by atoms with Gasteiger partial charge in [0.05, 0.1) is 6.20 Å². The van der Waals surface area contributed by atoms with Gasteiger partial charge in [0.15, 0.2) is 0 Å². The normalized spacial score (nSPS) is 9.35. The van der Waals surface area contributed by atoms with Crippen LogP contribution in [0.25, 0.3) is 0 Å². The molecular formula is C18H18N2. The molecule has 2 heteroatoms. The number of benzene rings is 1. The molecule has 2 nitrogen and oxygen atoms in total. The molecule has 0 aliphatic carbocycles. The molecule has 1 aromatic heterocycles. The summed E-state index contributed by atoms with van der Waals surface area (Å²) in [6.45, 7) is 4.15. The Morgan fingerprint density at radius 1 is 1.05 bits per heavy atom. The van der Waals surface area contributed by atoms with Crippen LogP contribution in [0.5, 0.6) is 0 Å². The second-order valence-corrected chi connectivity index (χ2v) is 4.72. The molecule has 1 heterocycles. The van der Waals surface area contributed by atoms with Crippen molar-refractivity contribution < 1.29 is 0 Å². The largest absolute Gasteiger partial charge is 0.343 e. The molecule has 0 fully saturated rings. The highest BCUT2D eigenvalue weighted by molar-refractivity contribution is 5.45. The van der Waals surface area contributed by atoms with Crippen molar-refractivity contribution in [3.63, 3.8) is 0 Å². The zero-order valence-corrected chi connectivity index (χ0v) is 12.1. The van der Waals surface area contributed by atoms with Crippen LogP contribution in [0.3, 0.4) is 0 Å². The lowest BCUT2D eigenvalue weighted by Crippen LogP contribution is -1.93. The van der Waals surface area contributed by atoms with Crippen LogP contribution >= 0.6 is 0 Å². The second-order valence-electron chi connectivity index (χ2n) is 4.72. The Bertz CT molecular complexity index is 714. The van der Waals surface area contributed by atoms with Gasteiger partial charge in [-0.2, -0.15) is 0 Å². The number of aryl methyl sites for hydroxylation is 3. The van der Waals surface area contributed by atoms with Gasteiger partial charge in [-0.15, -0.1) is 0 Å². The third-order valence-electron chi connectivity index (χ3n) is 3.00. The number of hydrogen-bond donors (Lipinski definition) is 0. The van der Waals surface area contributed by atoms with E-state index in [0.717, 1.165) is 11.3 Å². The van der Waals surface area contributed by atoms with Gasteiger partial charge in [-0.25, -0.2) is 0 Å². The standard InChI is InChI=1S/C18H18N2/c1-15-7-8-16(2)17(13-15)9-10-18-14-19-11-5-4-6-12-20(18)3/h4-8,11-14H,1-3H3. The Morgan fingerprint density at radius 2 is 1.90 bits per heavy atom. The maximum Gasteiger partial charge on any atom is 0.111 e. The fraction of sp³-hybridized carbons (Fsp3) is 0.167. The van der Waals surface area contributed by atoms with Gasteiger partial charge in [-0.3, -0.25) is 4.98 Å². The minimum atomic E-state index is 0.863. The van der Waals surface area contributed by atoms with Gasteiger partial charge in [0.1, 0.15) is 5.69 Å². The van der Waals surface area contributed by atoms with E-state index in [0.29, 0.717) is 0 Å². The summed E-state index contributed by atoms with van der Waals surface area (Å²) in [5.74, 6) is 6.43. The van der Waals surface area contributed by atoms with Gasteiger partial charge in [0.2, 0.25) is 0 Å². The van der Waals surface area contributed by atoms with Crippen LogP contribution in [0.4, 0.5) is 0 Å². The molecule has 0 bridgehead atoms. The summed E-state index contributed by atoms with van der Waals surface area (Å²) in [5, 5.41) is 0. The molecular weight excluding hydrogens is 244 g/mol. The first-order valence-corrected chi connectivity index (χ1v) is 6.56. The minimum Gasteiger partial charge on any atom is -0.343 e. The predicted molar refractivity (Wildman–Crippen MR) is 82.7 cm³/mol. The highest BCUT2D eigenvalue weighted by atomic mass is 14.9. The van der Waals surface area contributed by atoms with E-state index >= 15 is 0 Å². The van der Waals surface area contributed by atoms with Gasteiger partial charge < -0.3 is 4.57 Å². The van der Waals surface area contributed by atoms with Crippen LogP contribution in [0, 0.1) is 25.7 Å². The van der Waals surface area contributed by atoms with Crippen LogP contribution in [-0.2, 0) is 7.05 Å². The highest BCUT2D eigenvalue weighted by Gasteiger charge is 1.94. The molecule has 0 radical (unpaired) electrons. The number of rotatable bonds is 0. The van der Waals surface area contributed by atoms with Crippen LogP contribution in [0.15, 0.2) is 55.0 Å². The van der Waals surface area contributed by atoms with E-state index in [9.17, 15) is 0 Å². The third-order valence-corrected chi connectivity index (χ3v) is 3.00. The van der Waals surface area contributed by atoms with Crippen molar-refractivity contribution in [2.45, 2.75) is 13.8 Å². The molecule has 0 atom stereocenters. The lowest BCUT2D eigenvalue weighted by Gasteiger charge is -2.00. The molecule has 0 aliphatic heterocycles. The van der Waals surface area contributed by atoms with Crippen molar-refractivity contribution in [3.05, 3.63) is 77.4 Å². The molecule has 0 amide bonds. The minimum absolute atomic E-state index is 0.863. The molecule has 0 saturated carbocycles. The van der Waals surface area contributed by atoms with E-state index in [-0.39, 0.29) is 0 Å². The molecule has 2 rings (SSSR count). The lowest BCUT2D eigenvalue weighted by atomic mass is 10.1. The molecule has 0 N–H and O–H groups in total. The van der Waals surface area contributed by atoms with Crippen LogP contribution < -0.4 is 0 Å². The topological polar surface area (TPSA) is 17.8 Å². The van der Waals surface area contributed by atoms with Crippen LogP contribution in [0.1, 0.15) is 22.4 Å². The van der Waals surface area contributed by atoms with Gasteiger partial charge in [-0.1, -0.05) is 24.1 Å². The summed E-state index contributed by atoms with van der Waals surface area (Å²) in [7, 11) is 1.97. The summed E-state index contributed by atoms with van der Waals surface area (Å²) in [4.78, 5) is 4.22. The maximum atomic E-state index is 4.22. The Balaban J connectivity index is 2.49. The van der Waals surface area contributed by atoms with E-state index in [4.69, 9.17) is 0 Å². The molecule has 1 aromatic carbocycles. The molecule has 0 saturated heterocycles. The van der Waals surface area contributed by atoms with Crippen molar-refractivity contribution in [1.29, 1.82) is 0 Å². The van der Waals surface area contributed by atoms with Crippen LogP contribution in [-0.4, -0.2) is 9.55 Å². The second kappa shape index (κ2) is 6.58. The predicted octanol–water partition coefficient (Wildman–Crippen LogP) is 3.56. The number of hydrogen-bond acceptors (Lipinski definition) is 1. The average molecular weight is 262 g/mol. The lowest BCUT2D eigenvalue weighted by molar-refractivity contribution is 0.888. The molecule has 0 spiro atoms. The van der Waals surface area contributed by atoms with Gasteiger partial charge in [0.25, 0.3) is 0 Å². The van der Waals surface area contributed by atoms with Crippen molar-refractivity contribution in [2.75, 3.05) is 0 Å². The smallest absolute Gasteiger partial charge is 0.111 e. The van der Waals surface area contributed by atoms with E-state index in [1.54, 1.807) is 12.4 Å². The number of aromatic nitrogens is 2. The fourth-order valence-electron chi connectivity index (χ4n) is 1.75. The monoisotopic (exact) mass is 262 g/mol. The molecule has 0 unspecified atom stereocenters. The van der Waals surface area contributed by atoms with Crippen molar-refractivity contribution in [1.82, 2.24) is 9.55 Å². The van der Waals surface area contributed by atoms with E-state index in [1.807, 2.05) is 36.0 Å². The quantitative estimate of drug-likeness (QED) is 0.664. The first-order valence-electron chi connectivity index (χ1n) is 6.56. The first kappa shape index (κ1) is 13.9. The highest BCUT2D eigenvalue weighted by Crippen LogP contribution is 2.09. The Hall–Kier alpha value is -2.53. The summed E-state index contributed by atoms with van der Waals surface area (Å²) < 4.78 is 1.96. The first-order chi connectivity index (χ1) is 9.66. The molecule has 0 aliphatic rings. The number of nitrogens with zero attached hydrogens (tertiary/aromatic N) is 2. The zero-order valence-electron chi connectivity index (χ0n) is 12.1. The van der Waals surface area contributed by atoms with Gasteiger partial charge in [-0.05, 0) is 49.1 Å². The SMILES string of the molecule is Cc1ccc(C)c(C#Cc2cncccccn2C)c1.